The highest BCUT2D eigenvalue weighted by Crippen LogP contribution is 2.39. The predicted octanol–water partition coefficient (Wildman–Crippen LogP) is 2.84. The van der Waals surface area contributed by atoms with Crippen molar-refractivity contribution in [2.45, 2.75) is 25.7 Å². The van der Waals surface area contributed by atoms with Crippen molar-refractivity contribution in [3.05, 3.63) is 28.2 Å². The van der Waals surface area contributed by atoms with Gasteiger partial charge in [-0.3, -0.25) is 9.80 Å². The third-order valence-electron chi connectivity index (χ3n) is 5.04. The predicted molar refractivity (Wildman–Crippen MR) is 85.8 cm³/mol. The van der Waals surface area contributed by atoms with Gasteiger partial charge >= 0.3 is 0 Å². The molecule has 6 heteroatoms. The van der Waals surface area contributed by atoms with E-state index in [-0.39, 0.29) is 11.7 Å². The number of nitroso groups, excluding NO2 is 1. The van der Waals surface area contributed by atoms with Crippen molar-refractivity contribution in [1.82, 2.24) is 5.01 Å². The molecular weight excluding hydrogens is 296 g/mol. The average molecular weight is 318 g/mol. The monoisotopic (exact) mass is 318 g/mol. The van der Waals surface area contributed by atoms with Gasteiger partial charge in [-0.25, -0.2) is 0 Å². The minimum Gasteiger partial charge on any atom is -0.493 e. The Bertz CT molecular complexity index is 609. The molecule has 1 unspecified atom stereocenters. The van der Waals surface area contributed by atoms with Gasteiger partial charge in [-0.05, 0) is 49.3 Å². The number of benzene rings is 1. The van der Waals surface area contributed by atoms with E-state index in [2.05, 4.69) is 5.29 Å². The fraction of sp³-hybridized carbons (Fsp3) is 0.588. The first-order chi connectivity index (χ1) is 11.2. The Morgan fingerprint density at radius 2 is 1.83 bits per heavy atom. The summed E-state index contributed by atoms with van der Waals surface area (Å²) in [6.07, 6.45) is 3.50. The normalized spacial score (nSPS) is 21.2. The van der Waals surface area contributed by atoms with Crippen molar-refractivity contribution in [1.29, 1.82) is 0 Å². The van der Waals surface area contributed by atoms with Crippen LogP contribution in [0.15, 0.2) is 17.4 Å². The van der Waals surface area contributed by atoms with E-state index in [9.17, 15) is 9.70 Å². The van der Waals surface area contributed by atoms with Crippen LogP contribution in [-0.4, -0.2) is 38.1 Å². The smallest absolute Gasteiger partial charge is 0.166 e. The quantitative estimate of drug-likeness (QED) is 0.781. The molecule has 1 aliphatic heterocycles. The van der Waals surface area contributed by atoms with E-state index < -0.39 is 0 Å². The molecule has 1 heterocycles. The van der Waals surface area contributed by atoms with Crippen LogP contribution in [0.4, 0.5) is 0 Å². The summed E-state index contributed by atoms with van der Waals surface area (Å²) in [5.74, 6) is 2.00. The van der Waals surface area contributed by atoms with Crippen molar-refractivity contribution < 1.29 is 14.3 Å². The highest BCUT2D eigenvalue weighted by Gasteiger charge is 2.34. The third kappa shape index (κ3) is 3.02. The second kappa shape index (κ2) is 6.56. The zero-order valence-corrected chi connectivity index (χ0v) is 13.6. The molecule has 1 aromatic carbocycles. The van der Waals surface area contributed by atoms with Gasteiger partial charge in [0.05, 0.1) is 19.5 Å². The molecule has 1 saturated heterocycles. The maximum Gasteiger partial charge on any atom is 0.166 e. The van der Waals surface area contributed by atoms with E-state index in [1.165, 1.54) is 0 Å². The van der Waals surface area contributed by atoms with Gasteiger partial charge < -0.3 is 9.47 Å². The minimum absolute atomic E-state index is 0.0301. The lowest BCUT2D eigenvalue weighted by Gasteiger charge is -2.28. The average Bonchev–Trinajstić information content (AvgIpc) is 2.89. The first-order valence-corrected chi connectivity index (χ1v) is 8.03. The fourth-order valence-corrected chi connectivity index (χ4v) is 3.73. The summed E-state index contributed by atoms with van der Waals surface area (Å²) in [6, 6.07) is 3.72. The SMILES string of the molecule is COc1cc2c(cc1OC)C(=O)C(CC1CCN(N=O)CC1)C2. The molecule has 0 radical (unpaired) electrons. The Morgan fingerprint density at radius 3 is 2.43 bits per heavy atom. The Hall–Kier alpha value is -2.11. The van der Waals surface area contributed by atoms with Gasteiger partial charge in [0.15, 0.2) is 17.3 Å². The van der Waals surface area contributed by atoms with E-state index in [0.717, 1.165) is 36.8 Å². The largest absolute Gasteiger partial charge is 0.493 e. The highest BCUT2D eigenvalue weighted by atomic mass is 16.5. The number of fused-ring (bicyclic) bond motifs is 1. The van der Waals surface area contributed by atoms with Crippen molar-refractivity contribution in [3.63, 3.8) is 0 Å². The fourth-order valence-electron chi connectivity index (χ4n) is 3.73. The molecule has 0 spiro atoms. The van der Waals surface area contributed by atoms with E-state index >= 15 is 0 Å². The summed E-state index contributed by atoms with van der Waals surface area (Å²) >= 11 is 0. The first kappa shape index (κ1) is 15.8. The minimum atomic E-state index is 0.0301. The van der Waals surface area contributed by atoms with Gasteiger partial charge in [0.1, 0.15) is 0 Å². The maximum absolute atomic E-state index is 12.7. The molecule has 1 aliphatic carbocycles. The number of ketones is 1. The van der Waals surface area contributed by atoms with Crippen molar-refractivity contribution >= 4 is 5.78 Å². The van der Waals surface area contributed by atoms with Crippen LogP contribution in [0, 0.1) is 16.7 Å². The molecule has 0 amide bonds. The molecule has 0 bridgehead atoms. The first-order valence-electron chi connectivity index (χ1n) is 8.03. The zero-order chi connectivity index (χ0) is 16.4. The van der Waals surface area contributed by atoms with Crippen molar-refractivity contribution in [3.8, 4) is 11.5 Å². The van der Waals surface area contributed by atoms with Gasteiger partial charge in [-0.1, -0.05) is 0 Å². The van der Waals surface area contributed by atoms with E-state index in [0.29, 0.717) is 30.5 Å². The summed E-state index contributed by atoms with van der Waals surface area (Å²) in [6.45, 7) is 1.40. The Morgan fingerprint density at radius 1 is 1.17 bits per heavy atom. The van der Waals surface area contributed by atoms with Gasteiger partial charge in [0.25, 0.3) is 0 Å². The summed E-state index contributed by atoms with van der Waals surface area (Å²) in [5, 5.41) is 4.55. The lowest BCUT2D eigenvalue weighted by atomic mass is 9.86. The molecule has 1 atom stereocenters. The molecule has 23 heavy (non-hydrogen) atoms. The van der Waals surface area contributed by atoms with Crippen LogP contribution in [-0.2, 0) is 6.42 Å². The molecule has 1 fully saturated rings. The summed E-state index contributed by atoms with van der Waals surface area (Å²) in [7, 11) is 3.18. The number of hydrogen-bond acceptors (Lipinski definition) is 5. The maximum atomic E-state index is 12.7. The Balaban J connectivity index is 1.70. The molecule has 124 valence electrons. The number of nitrogens with zero attached hydrogens (tertiary/aromatic N) is 2. The van der Waals surface area contributed by atoms with Gasteiger partial charge in [-0.2, -0.15) is 0 Å². The van der Waals surface area contributed by atoms with Crippen LogP contribution in [0.5, 0.6) is 11.5 Å². The summed E-state index contributed by atoms with van der Waals surface area (Å²) in [4.78, 5) is 23.2. The molecule has 3 rings (SSSR count). The Kier molecular flexibility index (Phi) is 4.50. The molecule has 0 saturated carbocycles. The van der Waals surface area contributed by atoms with Crippen LogP contribution in [0.2, 0.25) is 0 Å². The van der Waals surface area contributed by atoms with Crippen molar-refractivity contribution in [2.24, 2.45) is 17.1 Å². The Labute approximate surface area is 135 Å². The zero-order valence-electron chi connectivity index (χ0n) is 13.6. The van der Waals surface area contributed by atoms with Crippen molar-refractivity contribution in [2.75, 3.05) is 27.3 Å². The molecule has 0 aromatic heterocycles. The molecule has 6 nitrogen and oxygen atoms in total. The second-order valence-corrected chi connectivity index (χ2v) is 6.34. The van der Waals surface area contributed by atoms with Crippen LogP contribution in [0.1, 0.15) is 35.2 Å². The van der Waals surface area contributed by atoms with Crippen LogP contribution < -0.4 is 9.47 Å². The van der Waals surface area contributed by atoms with Crippen LogP contribution in [0.3, 0.4) is 0 Å². The van der Waals surface area contributed by atoms with E-state index in [1.54, 1.807) is 25.3 Å². The number of carbonyl (C=O) groups is 1. The second-order valence-electron chi connectivity index (χ2n) is 6.34. The third-order valence-corrected chi connectivity index (χ3v) is 5.04. The number of methoxy groups -OCH3 is 2. The molecular formula is C17H22N2O4. The van der Waals surface area contributed by atoms with E-state index in [4.69, 9.17) is 9.47 Å². The summed E-state index contributed by atoms with van der Waals surface area (Å²) in [5.41, 5.74) is 1.81. The van der Waals surface area contributed by atoms with Gasteiger partial charge in [-0.15, -0.1) is 4.91 Å². The number of hydrogen-bond donors (Lipinski definition) is 0. The van der Waals surface area contributed by atoms with E-state index in [1.807, 2.05) is 6.07 Å². The number of rotatable bonds is 5. The number of carbonyl (C=O) groups excluding carboxylic acids is 1. The van der Waals surface area contributed by atoms with Gasteiger partial charge in [0.2, 0.25) is 0 Å². The van der Waals surface area contributed by atoms with Gasteiger partial charge in [0, 0.05) is 24.6 Å². The summed E-state index contributed by atoms with van der Waals surface area (Å²) < 4.78 is 10.6. The number of piperidine rings is 1. The lowest BCUT2D eigenvalue weighted by Crippen LogP contribution is -2.30. The standard InChI is InChI=1S/C17H22N2O4/c1-22-15-9-12-8-13(17(20)14(12)10-16(15)23-2)7-11-3-5-19(18-21)6-4-11/h9-11,13H,3-8H2,1-2H3. The molecule has 0 N–H and O–H groups in total. The lowest BCUT2D eigenvalue weighted by molar-refractivity contribution is 0.0898. The topological polar surface area (TPSA) is 68.2 Å². The van der Waals surface area contributed by atoms with Crippen LogP contribution in [0.25, 0.3) is 0 Å². The highest BCUT2D eigenvalue weighted by molar-refractivity contribution is 6.02. The molecule has 1 aromatic rings. The number of Topliss-reactive ketones (excluding diaryl/α,β-unsaturated/α-hetero) is 1. The number of ether oxygens (including phenoxy) is 2. The molecule has 2 aliphatic rings. The van der Waals surface area contributed by atoms with Crippen LogP contribution >= 0.6 is 0 Å².